The minimum absolute atomic E-state index is 0.154. The normalized spacial score (nSPS) is 25.8. The van der Waals surface area contributed by atoms with Crippen LogP contribution in [0.3, 0.4) is 0 Å². The molecule has 3 rings (SSSR count). The van der Waals surface area contributed by atoms with Gasteiger partial charge in [0.25, 0.3) is 5.91 Å². The topological polar surface area (TPSA) is 64.4 Å². The second kappa shape index (κ2) is 3.84. The number of nitrogens with zero attached hydrogens (tertiary/aromatic N) is 1. The summed E-state index contributed by atoms with van der Waals surface area (Å²) < 4.78 is 10.3. The number of hydrogen-bond acceptors (Lipinski definition) is 4. The first-order valence-electron chi connectivity index (χ1n) is 6.02. The molecule has 1 spiro atoms. The maximum Gasteiger partial charge on any atom is 0.290 e. The molecule has 1 N–H and O–H groups in total. The summed E-state index contributed by atoms with van der Waals surface area (Å²) in [5, 5.41) is 6.73. The molecule has 1 aliphatic heterocycles. The van der Waals surface area contributed by atoms with Gasteiger partial charge in [-0.3, -0.25) is 4.79 Å². The Labute approximate surface area is 99.5 Å². The molecule has 1 saturated carbocycles. The average molecular weight is 236 g/mol. The van der Waals surface area contributed by atoms with Crippen LogP contribution in [0.4, 0.5) is 0 Å². The predicted octanol–water partition coefficient (Wildman–Crippen LogP) is 1.28. The maximum atomic E-state index is 11.9. The highest BCUT2D eigenvalue weighted by molar-refractivity contribution is 5.91. The van der Waals surface area contributed by atoms with Crippen LogP contribution in [0, 0.1) is 12.3 Å². The largest absolute Gasteiger partial charge is 0.381 e. The third kappa shape index (κ3) is 1.95. The van der Waals surface area contributed by atoms with Crippen molar-refractivity contribution in [2.75, 3.05) is 13.2 Å². The lowest BCUT2D eigenvalue weighted by Crippen LogP contribution is -2.32. The summed E-state index contributed by atoms with van der Waals surface area (Å²) in [5.74, 6) is 0.149. The van der Waals surface area contributed by atoms with Crippen molar-refractivity contribution in [1.29, 1.82) is 0 Å². The van der Waals surface area contributed by atoms with E-state index in [1.807, 2.05) is 0 Å². The first kappa shape index (κ1) is 10.8. The van der Waals surface area contributed by atoms with Gasteiger partial charge in [0.1, 0.15) is 0 Å². The molecule has 1 aromatic rings. The third-order valence-corrected chi connectivity index (χ3v) is 3.84. The monoisotopic (exact) mass is 236 g/mol. The molecule has 17 heavy (non-hydrogen) atoms. The fourth-order valence-electron chi connectivity index (χ4n) is 2.58. The van der Waals surface area contributed by atoms with Crippen molar-refractivity contribution in [3.05, 3.63) is 17.5 Å². The van der Waals surface area contributed by atoms with Crippen LogP contribution < -0.4 is 5.32 Å². The molecule has 2 heterocycles. The van der Waals surface area contributed by atoms with Gasteiger partial charge in [-0.2, -0.15) is 0 Å². The van der Waals surface area contributed by atoms with Gasteiger partial charge in [-0.15, -0.1) is 0 Å². The zero-order chi connectivity index (χ0) is 11.9. The molecule has 0 aromatic carbocycles. The minimum atomic E-state index is -0.154. The van der Waals surface area contributed by atoms with E-state index in [-0.39, 0.29) is 11.9 Å². The van der Waals surface area contributed by atoms with Crippen molar-refractivity contribution < 1.29 is 14.1 Å². The molecule has 1 aliphatic carbocycles. The van der Waals surface area contributed by atoms with Crippen molar-refractivity contribution in [3.63, 3.8) is 0 Å². The molecular weight excluding hydrogens is 220 g/mol. The highest BCUT2D eigenvalue weighted by Crippen LogP contribution is 2.53. The van der Waals surface area contributed by atoms with Crippen LogP contribution >= 0.6 is 0 Å². The second-order valence-electron chi connectivity index (χ2n) is 5.04. The van der Waals surface area contributed by atoms with Gasteiger partial charge < -0.3 is 14.6 Å². The highest BCUT2D eigenvalue weighted by atomic mass is 16.5. The van der Waals surface area contributed by atoms with Crippen molar-refractivity contribution in [2.45, 2.75) is 32.2 Å². The summed E-state index contributed by atoms with van der Waals surface area (Å²) in [6.07, 6.45) is 3.16. The lowest BCUT2D eigenvalue weighted by atomic mass is 9.96. The Morgan fingerprint density at radius 1 is 1.53 bits per heavy atom. The number of aryl methyl sites for hydroxylation is 1. The Kier molecular flexibility index (Phi) is 2.43. The van der Waals surface area contributed by atoms with Crippen LogP contribution in [-0.4, -0.2) is 30.3 Å². The summed E-state index contributed by atoms with van der Waals surface area (Å²) in [6.45, 7) is 3.43. The zero-order valence-electron chi connectivity index (χ0n) is 9.86. The predicted molar refractivity (Wildman–Crippen MR) is 59.6 cm³/mol. The number of rotatable bonds is 2. The molecule has 0 bridgehead atoms. The van der Waals surface area contributed by atoms with E-state index in [9.17, 15) is 4.79 Å². The van der Waals surface area contributed by atoms with Crippen molar-refractivity contribution >= 4 is 5.91 Å². The smallest absolute Gasteiger partial charge is 0.290 e. The third-order valence-electron chi connectivity index (χ3n) is 3.84. The molecule has 1 aromatic heterocycles. The fourth-order valence-corrected chi connectivity index (χ4v) is 2.58. The Hall–Kier alpha value is -1.36. The van der Waals surface area contributed by atoms with E-state index in [2.05, 4.69) is 10.5 Å². The summed E-state index contributed by atoms with van der Waals surface area (Å²) in [7, 11) is 0. The van der Waals surface area contributed by atoms with Crippen molar-refractivity contribution in [1.82, 2.24) is 10.5 Å². The van der Waals surface area contributed by atoms with Gasteiger partial charge in [0, 0.05) is 25.3 Å². The molecule has 1 unspecified atom stereocenters. The van der Waals surface area contributed by atoms with Gasteiger partial charge >= 0.3 is 0 Å². The van der Waals surface area contributed by atoms with E-state index in [0.717, 1.165) is 38.2 Å². The first-order chi connectivity index (χ1) is 8.20. The summed E-state index contributed by atoms with van der Waals surface area (Å²) in [5.41, 5.74) is 1.02. The van der Waals surface area contributed by atoms with Gasteiger partial charge in [0.05, 0.1) is 5.69 Å². The van der Waals surface area contributed by atoms with E-state index in [1.54, 1.807) is 13.0 Å². The number of amides is 1. The van der Waals surface area contributed by atoms with E-state index >= 15 is 0 Å². The van der Waals surface area contributed by atoms with E-state index in [0.29, 0.717) is 11.2 Å². The first-order valence-corrected chi connectivity index (χ1v) is 6.02. The van der Waals surface area contributed by atoms with Crippen LogP contribution in [0.1, 0.15) is 35.5 Å². The molecule has 5 heteroatoms. The number of carbonyl (C=O) groups is 1. The number of nitrogens with one attached hydrogen (secondary N) is 1. The van der Waals surface area contributed by atoms with Crippen molar-refractivity contribution in [3.8, 4) is 0 Å². The number of hydrogen-bond donors (Lipinski definition) is 1. The van der Waals surface area contributed by atoms with Crippen LogP contribution in [0.25, 0.3) is 0 Å². The van der Waals surface area contributed by atoms with Gasteiger partial charge in [-0.05, 0) is 31.6 Å². The zero-order valence-corrected chi connectivity index (χ0v) is 9.86. The van der Waals surface area contributed by atoms with E-state index in [1.165, 1.54) is 0 Å². The molecule has 5 nitrogen and oxygen atoms in total. The number of ether oxygens (including phenoxy) is 1. The van der Waals surface area contributed by atoms with Crippen LogP contribution in [0.5, 0.6) is 0 Å². The van der Waals surface area contributed by atoms with Gasteiger partial charge in [0.2, 0.25) is 5.76 Å². The molecule has 2 fully saturated rings. The van der Waals surface area contributed by atoms with Crippen LogP contribution in [-0.2, 0) is 4.74 Å². The van der Waals surface area contributed by atoms with Crippen LogP contribution in [0.15, 0.2) is 10.6 Å². The summed E-state index contributed by atoms with van der Waals surface area (Å²) in [4.78, 5) is 11.9. The Morgan fingerprint density at radius 3 is 2.94 bits per heavy atom. The number of aromatic nitrogens is 1. The second-order valence-corrected chi connectivity index (χ2v) is 5.04. The molecule has 2 aliphatic rings. The van der Waals surface area contributed by atoms with E-state index < -0.39 is 0 Å². The fraction of sp³-hybridized carbons (Fsp3) is 0.667. The van der Waals surface area contributed by atoms with Gasteiger partial charge in [0.15, 0.2) is 0 Å². The Morgan fingerprint density at radius 2 is 2.29 bits per heavy atom. The number of carbonyl (C=O) groups excluding carboxylic acids is 1. The SMILES string of the molecule is Cc1cc(C(=O)NC2CC23CCOCC3)on1. The molecule has 1 amide bonds. The quantitative estimate of drug-likeness (QED) is 0.840. The molecule has 1 saturated heterocycles. The Balaban J connectivity index is 1.60. The Bertz CT molecular complexity index is 435. The highest BCUT2D eigenvalue weighted by Gasteiger charge is 2.55. The molecule has 1 atom stereocenters. The maximum absolute atomic E-state index is 11.9. The van der Waals surface area contributed by atoms with Crippen LogP contribution in [0.2, 0.25) is 0 Å². The lowest BCUT2D eigenvalue weighted by molar-refractivity contribution is 0.0532. The molecule has 92 valence electrons. The summed E-state index contributed by atoms with van der Waals surface area (Å²) in [6, 6.07) is 1.94. The molecule has 0 radical (unpaired) electrons. The standard InChI is InChI=1S/C12H16N2O3/c1-8-6-9(17-14-8)11(15)13-10-7-12(10)2-4-16-5-3-12/h6,10H,2-5,7H2,1H3,(H,13,15). The van der Waals surface area contributed by atoms with Gasteiger partial charge in [-0.1, -0.05) is 5.16 Å². The van der Waals surface area contributed by atoms with Gasteiger partial charge in [-0.25, -0.2) is 0 Å². The summed E-state index contributed by atoms with van der Waals surface area (Å²) >= 11 is 0. The molecular formula is C12H16N2O3. The average Bonchev–Trinajstić information content (AvgIpc) is 2.77. The lowest BCUT2D eigenvalue weighted by Gasteiger charge is -2.22. The van der Waals surface area contributed by atoms with E-state index in [4.69, 9.17) is 9.26 Å². The van der Waals surface area contributed by atoms with Crippen molar-refractivity contribution in [2.24, 2.45) is 5.41 Å². The minimum Gasteiger partial charge on any atom is -0.381 e.